The number of aromatic nitrogens is 2. The summed E-state index contributed by atoms with van der Waals surface area (Å²) in [7, 11) is 1.77. The lowest BCUT2D eigenvalue weighted by atomic mass is 10.2. The van der Waals surface area contributed by atoms with Crippen LogP contribution in [-0.4, -0.2) is 44.2 Å². The van der Waals surface area contributed by atoms with Gasteiger partial charge in [0.05, 0.1) is 5.69 Å². The summed E-state index contributed by atoms with van der Waals surface area (Å²) in [5.41, 5.74) is 6.62. The van der Waals surface area contributed by atoms with E-state index >= 15 is 0 Å². The van der Waals surface area contributed by atoms with Gasteiger partial charge in [0.25, 0.3) is 5.91 Å². The van der Waals surface area contributed by atoms with Crippen molar-refractivity contribution in [3.05, 3.63) is 11.9 Å². The van der Waals surface area contributed by atoms with Crippen LogP contribution in [0, 0.1) is 0 Å². The van der Waals surface area contributed by atoms with Gasteiger partial charge in [-0.05, 0) is 6.92 Å². The molecule has 1 saturated heterocycles. The van der Waals surface area contributed by atoms with Crippen molar-refractivity contribution >= 4 is 23.4 Å². The Hall–Kier alpha value is -1.17. The summed E-state index contributed by atoms with van der Waals surface area (Å²) in [5.74, 6) is 0.923. The van der Waals surface area contributed by atoms with Crippen molar-refractivity contribution in [1.82, 2.24) is 14.7 Å². The molecule has 0 spiro atoms. The quantitative estimate of drug-likeness (QED) is 0.811. The third-order valence-corrected chi connectivity index (χ3v) is 4.54. The minimum absolute atomic E-state index is 0.0530. The van der Waals surface area contributed by atoms with E-state index in [1.54, 1.807) is 17.9 Å². The second-order valence-electron chi connectivity index (χ2n) is 4.42. The van der Waals surface area contributed by atoms with E-state index in [9.17, 15) is 4.79 Å². The number of carbonyl (C=O) groups excluding carboxylic acids is 1. The fourth-order valence-electron chi connectivity index (χ4n) is 2.03. The summed E-state index contributed by atoms with van der Waals surface area (Å²) in [6.45, 7) is 5.00. The normalized spacial score (nSPS) is 25.0. The number of carbonyl (C=O) groups is 1. The molecule has 94 valence electrons. The van der Waals surface area contributed by atoms with Gasteiger partial charge in [-0.2, -0.15) is 16.9 Å². The molecule has 1 aliphatic heterocycles. The lowest BCUT2D eigenvalue weighted by molar-refractivity contribution is 0.0692. The fourth-order valence-corrected chi connectivity index (χ4v) is 3.13. The second-order valence-corrected chi connectivity index (χ2v) is 5.91. The number of nitrogens with zero attached hydrogens (tertiary/aromatic N) is 3. The number of thioether (sulfide) groups is 1. The van der Waals surface area contributed by atoms with E-state index in [1.165, 1.54) is 0 Å². The van der Waals surface area contributed by atoms with Gasteiger partial charge in [0.1, 0.15) is 0 Å². The van der Waals surface area contributed by atoms with E-state index in [0.717, 1.165) is 12.3 Å². The van der Waals surface area contributed by atoms with E-state index in [-0.39, 0.29) is 11.9 Å². The maximum atomic E-state index is 12.4. The lowest BCUT2D eigenvalue weighted by Crippen LogP contribution is -2.48. The van der Waals surface area contributed by atoms with Crippen molar-refractivity contribution in [2.75, 3.05) is 18.0 Å². The summed E-state index contributed by atoms with van der Waals surface area (Å²) in [5, 5.41) is 4.59. The SMILES string of the molecule is CC1SCCN(C(=O)c2nn(C)cc2N)C1C. The predicted octanol–water partition coefficient (Wildman–Crippen LogP) is 0.968. The smallest absolute Gasteiger partial charge is 0.276 e. The highest BCUT2D eigenvalue weighted by Gasteiger charge is 2.31. The molecule has 2 N–H and O–H groups in total. The first-order chi connectivity index (χ1) is 8.00. The Balaban J connectivity index is 2.22. The topological polar surface area (TPSA) is 64.2 Å². The number of nitrogens with two attached hydrogens (primary N) is 1. The summed E-state index contributed by atoms with van der Waals surface area (Å²) in [6, 6.07) is 0.225. The van der Waals surface area contributed by atoms with Crippen molar-refractivity contribution in [1.29, 1.82) is 0 Å². The lowest BCUT2D eigenvalue weighted by Gasteiger charge is -2.37. The van der Waals surface area contributed by atoms with E-state index in [4.69, 9.17) is 5.73 Å². The summed E-state index contributed by atoms with van der Waals surface area (Å²) >= 11 is 1.90. The molecule has 17 heavy (non-hydrogen) atoms. The summed E-state index contributed by atoms with van der Waals surface area (Å²) in [4.78, 5) is 14.2. The third kappa shape index (κ3) is 2.26. The van der Waals surface area contributed by atoms with Gasteiger partial charge >= 0.3 is 0 Å². The molecular weight excluding hydrogens is 236 g/mol. The van der Waals surface area contributed by atoms with Crippen LogP contribution < -0.4 is 5.73 Å². The van der Waals surface area contributed by atoms with Crippen LogP contribution in [0.1, 0.15) is 24.3 Å². The average Bonchev–Trinajstić information content (AvgIpc) is 2.61. The Kier molecular flexibility index (Phi) is 3.33. The molecule has 0 aromatic carbocycles. The van der Waals surface area contributed by atoms with Crippen LogP contribution in [0.25, 0.3) is 0 Å². The van der Waals surface area contributed by atoms with Gasteiger partial charge in [0, 0.05) is 36.8 Å². The highest BCUT2D eigenvalue weighted by Crippen LogP contribution is 2.26. The third-order valence-electron chi connectivity index (χ3n) is 3.20. The minimum Gasteiger partial charge on any atom is -0.396 e. The van der Waals surface area contributed by atoms with Crippen molar-refractivity contribution in [2.45, 2.75) is 25.1 Å². The van der Waals surface area contributed by atoms with E-state index in [0.29, 0.717) is 16.6 Å². The van der Waals surface area contributed by atoms with Crippen LogP contribution in [0.15, 0.2) is 6.20 Å². The number of hydrogen-bond donors (Lipinski definition) is 1. The molecule has 1 amide bonds. The Morgan fingerprint density at radius 1 is 1.59 bits per heavy atom. The maximum absolute atomic E-state index is 12.4. The number of aryl methyl sites for hydroxylation is 1. The van der Waals surface area contributed by atoms with Gasteiger partial charge in [-0.25, -0.2) is 0 Å². The summed E-state index contributed by atoms with van der Waals surface area (Å²) in [6.07, 6.45) is 1.67. The molecule has 2 heterocycles. The van der Waals surface area contributed by atoms with Gasteiger partial charge in [0.15, 0.2) is 5.69 Å². The van der Waals surface area contributed by atoms with Gasteiger partial charge in [-0.3, -0.25) is 9.48 Å². The first-order valence-electron chi connectivity index (χ1n) is 5.72. The first kappa shape index (κ1) is 12.3. The zero-order chi connectivity index (χ0) is 12.6. The van der Waals surface area contributed by atoms with Gasteiger partial charge in [-0.15, -0.1) is 0 Å². The monoisotopic (exact) mass is 254 g/mol. The minimum atomic E-state index is -0.0530. The molecule has 0 bridgehead atoms. The molecule has 2 atom stereocenters. The highest BCUT2D eigenvalue weighted by molar-refractivity contribution is 8.00. The number of anilines is 1. The second kappa shape index (κ2) is 4.60. The number of nitrogen functional groups attached to an aromatic ring is 1. The van der Waals surface area contributed by atoms with Crippen molar-refractivity contribution in [2.24, 2.45) is 7.05 Å². The number of hydrogen-bond acceptors (Lipinski definition) is 4. The fraction of sp³-hybridized carbons (Fsp3) is 0.636. The Morgan fingerprint density at radius 2 is 2.29 bits per heavy atom. The van der Waals surface area contributed by atoms with E-state index in [1.807, 2.05) is 16.7 Å². The standard InChI is InChI=1S/C11H18N4OS/c1-7-8(2)17-5-4-15(7)11(16)10-9(12)6-14(3)13-10/h6-8H,4-5,12H2,1-3H3. The van der Waals surface area contributed by atoms with Crippen molar-refractivity contribution in [3.63, 3.8) is 0 Å². The predicted molar refractivity (Wildman–Crippen MR) is 70.0 cm³/mol. The molecule has 0 radical (unpaired) electrons. The van der Waals surface area contributed by atoms with Gasteiger partial charge < -0.3 is 10.6 Å². The molecular formula is C11H18N4OS. The Bertz CT molecular complexity index is 431. The largest absolute Gasteiger partial charge is 0.396 e. The number of rotatable bonds is 1. The average molecular weight is 254 g/mol. The van der Waals surface area contributed by atoms with Crippen LogP contribution in [0.5, 0.6) is 0 Å². The molecule has 5 nitrogen and oxygen atoms in total. The van der Waals surface area contributed by atoms with Crippen LogP contribution in [0.4, 0.5) is 5.69 Å². The molecule has 1 aromatic heterocycles. The van der Waals surface area contributed by atoms with Crippen LogP contribution >= 0.6 is 11.8 Å². The molecule has 6 heteroatoms. The van der Waals surface area contributed by atoms with Gasteiger partial charge in [0.2, 0.25) is 0 Å². The van der Waals surface area contributed by atoms with Crippen LogP contribution in [-0.2, 0) is 7.05 Å². The van der Waals surface area contributed by atoms with Crippen molar-refractivity contribution in [3.8, 4) is 0 Å². The molecule has 1 aliphatic rings. The zero-order valence-corrected chi connectivity index (χ0v) is 11.2. The molecule has 0 saturated carbocycles. The Labute approximate surface area is 105 Å². The van der Waals surface area contributed by atoms with E-state index < -0.39 is 0 Å². The number of amides is 1. The molecule has 2 unspecified atom stereocenters. The molecule has 1 fully saturated rings. The van der Waals surface area contributed by atoms with E-state index in [2.05, 4.69) is 18.9 Å². The molecule has 1 aromatic rings. The molecule has 2 rings (SSSR count). The van der Waals surface area contributed by atoms with Crippen molar-refractivity contribution < 1.29 is 4.79 Å². The summed E-state index contributed by atoms with van der Waals surface area (Å²) < 4.78 is 1.58. The van der Waals surface area contributed by atoms with Crippen LogP contribution in [0.2, 0.25) is 0 Å². The Morgan fingerprint density at radius 3 is 2.88 bits per heavy atom. The van der Waals surface area contributed by atoms with Gasteiger partial charge in [-0.1, -0.05) is 6.92 Å². The first-order valence-corrected chi connectivity index (χ1v) is 6.77. The highest BCUT2D eigenvalue weighted by atomic mass is 32.2. The zero-order valence-electron chi connectivity index (χ0n) is 10.4. The maximum Gasteiger partial charge on any atom is 0.276 e. The van der Waals surface area contributed by atoms with Crippen LogP contribution in [0.3, 0.4) is 0 Å². The molecule has 0 aliphatic carbocycles.